The van der Waals surface area contributed by atoms with E-state index in [2.05, 4.69) is 55.6 Å². The molecule has 0 saturated heterocycles. The molecule has 31 heavy (non-hydrogen) atoms. The highest BCUT2D eigenvalue weighted by atomic mass is 16.5. The van der Waals surface area contributed by atoms with Crippen molar-refractivity contribution in [1.29, 1.82) is 0 Å². The number of carbonyl (C=O) groups is 1. The smallest absolute Gasteiger partial charge is 0.162 e. The minimum absolute atomic E-state index is 0.0789. The minimum atomic E-state index is -0.280. The lowest BCUT2D eigenvalue weighted by Crippen LogP contribution is -2.33. The van der Waals surface area contributed by atoms with Crippen molar-refractivity contribution in [3.63, 3.8) is 0 Å². The summed E-state index contributed by atoms with van der Waals surface area (Å²) in [5, 5.41) is 6.04. The highest BCUT2D eigenvalue weighted by Crippen LogP contribution is 2.53. The van der Waals surface area contributed by atoms with Gasteiger partial charge in [-0.2, -0.15) is 0 Å². The largest absolute Gasteiger partial charge is 0.497 e. The van der Waals surface area contributed by atoms with Crippen LogP contribution in [0.15, 0.2) is 60.2 Å². The molecule has 0 saturated carbocycles. The van der Waals surface area contributed by atoms with Crippen LogP contribution in [0.25, 0.3) is 16.3 Å². The number of hydrogen-bond acceptors (Lipinski definition) is 4. The first-order valence-corrected chi connectivity index (χ1v) is 10.7. The zero-order valence-corrected chi connectivity index (χ0v) is 18.4. The van der Waals surface area contributed by atoms with E-state index in [0.29, 0.717) is 6.42 Å². The molecular formula is C27H27NO3. The maximum Gasteiger partial charge on any atom is 0.162 e. The number of benzene rings is 3. The summed E-state index contributed by atoms with van der Waals surface area (Å²) < 4.78 is 11.2. The van der Waals surface area contributed by atoms with Crippen LogP contribution in [0.1, 0.15) is 43.9 Å². The van der Waals surface area contributed by atoms with E-state index >= 15 is 0 Å². The molecule has 1 aliphatic carbocycles. The van der Waals surface area contributed by atoms with Crippen molar-refractivity contribution in [1.82, 2.24) is 0 Å². The molecule has 2 aliphatic rings. The van der Waals surface area contributed by atoms with Crippen molar-refractivity contribution in [3.8, 4) is 11.5 Å². The highest BCUT2D eigenvalue weighted by Gasteiger charge is 2.41. The minimum Gasteiger partial charge on any atom is -0.497 e. The number of anilines is 1. The van der Waals surface area contributed by atoms with Gasteiger partial charge in [-0.25, -0.2) is 0 Å². The third-order valence-electron chi connectivity index (χ3n) is 6.49. The summed E-state index contributed by atoms with van der Waals surface area (Å²) in [6, 6.07) is 18.2. The summed E-state index contributed by atoms with van der Waals surface area (Å²) in [6.07, 6.45) is 1.40. The van der Waals surface area contributed by atoms with Crippen molar-refractivity contribution in [2.75, 3.05) is 19.5 Å². The van der Waals surface area contributed by atoms with Gasteiger partial charge in [0, 0.05) is 28.8 Å². The number of nitrogens with one attached hydrogen (secondary N) is 1. The molecule has 3 aromatic rings. The molecule has 0 unspecified atom stereocenters. The van der Waals surface area contributed by atoms with E-state index in [-0.39, 0.29) is 17.2 Å². The normalized spacial score (nSPS) is 19.5. The van der Waals surface area contributed by atoms with E-state index in [1.807, 2.05) is 18.2 Å². The molecule has 0 amide bonds. The topological polar surface area (TPSA) is 47.6 Å². The molecule has 0 radical (unpaired) electrons. The molecular weight excluding hydrogens is 386 g/mol. The second-order valence-electron chi connectivity index (χ2n) is 9.23. The van der Waals surface area contributed by atoms with Crippen LogP contribution in [0.4, 0.5) is 5.69 Å². The molecule has 0 bridgehead atoms. The number of allylic oxidation sites excluding steroid dienone is 1. The lowest BCUT2D eigenvalue weighted by atomic mass is 9.67. The maximum atomic E-state index is 13.6. The van der Waals surface area contributed by atoms with E-state index in [4.69, 9.17) is 9.47 Å². The molecule has 4 heteroatoms. The van der Waals surface area contributed by atoms with Gasteiger partial charge in [0.15, 0.2) is 5.78 Å². The van der Waals surface area contributed by atoms with Crippen LogP contribution in [0.5, 0.6) is 11.5 Å². The summed E-state index contributed by atoms with van der Waals surface area (Å²) in [5.74, 6) is 1.69. The Labute approximate surface area is 182 Å². The molecule has 1 aliphatic heterocycles. The maximum absolute atomic E-state index is 13.6. The van der Waals surface area contributed by atoms with Gasteiger partial charge in [0.2, 0.25) is 0 Å². The van der Waals surface area contributed by atoms with Crippen LogP contribution in [-0.2, 0) is 4.79 Å². The number of methoxy groups -OCH3 is 2. The van der Waals surface area contributed by atoms with E-state index in [9.17, 15) is 4.79 Å². The predicted molar refractivity (Wildman–Crippen MR) is 125 cm³/mol. The van der Waals surface area contributed by atoms with Gasteiger partial charge in [-0.3, -0.25) is 4.79 Å². The Morgan fingerprint density at radius 2 is 1.77 bits per heavy atom. The molecule has 4 nitrogen and oxygen atoms in total. The number of Topliss-reactive ketones (excluding diaryl/α,β-unsaturated/α-hetero) is 1. The van der Waals surface area contributed by atoms with Gasteiger partial charge >= 0.3 is 0 Å². The molecule has 1 heterocycles. The van der Waals surface area contributed by atoms with Crippen LogP contribution >= 0.6 is 0 Å². The fourth-order valence-corrected chi connectivity index (χ4v) is 5.14. The lowest BCUT2D eigenvalue weighted by molar-refractivity contribution is -0.118. The van der Waals surface area contributed by atoms with Crippen molar-refractivity contribution >= 4 is 27.8 Å². The molecule has 158 valence electrons. The van der Waals surface area contributed by atoms with Crippen molar-refractivity contribution in [2.24, 2.45) is 5.41 Å². The molecule has 3 aromatic carbocycles. The lowest BCUT2D eigenvalue weighted by Gasteiger charge is -2.40. The average molecular weight is 414 g/mol. The van der Waals surface area contributed by atoms with Gasteiger partial charge < -0.3 is 14.8 Å². The van der Waals surface area contributed by atoms with Crippen LogP contribution in [0, 0.1) is 5.41 Å². The SMILES string of the molecule is COc1ccc(OC)c([C@@H]2Nc3ccc4ccccc4c3C3=C2C(=O)CC(C)(C)C3)c1. The highest BCUT2D eigenvalue weighted by molar-refractivity contribution is 6.13. The zero-order chi connectivity index (χ0) is 21.8. The first-order chi connectivity index (χ1) is 14.9. The third kappa shape index (κ3) is 3.18. The Bertz CT molecular complexity index is 1240. The molecule has 0 spiro atoms. The quantitative estimate of drug-likeness (QED) is 0.558. The van der Waals surface area contributed by atoms with Crippen molar-refractivity contribution in [2.45, 2.75) is 32.7 Å². The standard InChI is InChI=1S/C27H27NO3/c1-27(2)14-20-24-18-8-6-5-7-16(18)9-11-21(24)28-26(25(20)22(29)15-27)19-13-17(30-3)10-12-23(19)31-4/h5-13,26,28H,14-15H2,1-4H3/t26-/m0/s1. The molecule has 0 aromatic heterocycles. The Morgan fingerprint density at radius 3 is 2.55 bits per heavy atom. The Balaban J connectivity index is 1.81. The monoisotopic (exact) mass is 413 g/mol. The Kier molecular flexibility index (Phi) is 4.54. The first kappa shape index (κ1) is 19.7. The second kappa shape index (κ2) is 7.16. The number of fused-ring (bicyclic) bond motifs is 4. The fraction of sp³-hybridized carbons (Fsp3) is 0.296. The summed E-state index contributed by atoms with van der Waals surface area (Å²) in [5.41, 5.74) is 5.06. The van der Waals surface area contributed by atoms with Gasteiger partial charge in [-0.15, -0.1) is 0 Å². The molecule has 1 N–H and O–H groups in total. The molecule has 1 atom stereocenters. The number of rotatable bonds is 3. The van der Waals surface area contributed by atoms with Crippen molar-refractivity contribution in [3.05, 3.63) is 71.3 Å². The van der Waals surface area contributed by atoms with Gasteiger partial charge in [-0.1, -0.05) is 44.2 Å². The third-order valence-corrected chi connectivity index (χ3v) is 6.49. The summed E-state index contributed by atoms with van der Waals surface area (Å²) in [6.45, 7) is 4.37. The summed E-state index contributed by atoms with van der Waals surface area (Å²) in [7, 11) is 3.32. The van der Waals surface area contributed by atoms with Gasteiger partial charge in [0.05, 0.1) is 20.3 Å². The van der Waals surface area contributed by atoms with Gasteiger partial charge in [0.1, 0.15) is 11.5 Å². The number of ketones is 1. The van der Waals surface area contributed by atoms with Crippen molar-refractivity contribution < 1.29 is 14.3 Å². The van der Waals surface area contributed by atoms with E-state index in [0.717, 1.165) is 45.9 Å². The number of carbonyl (C=O) groups excluding carboxylic acids is 1. The van der Waals surface area contributed by atoms with Crippen LogP contribution in [0.2, 0.25) is 0 Å². The summed E-state index contributed by atoms with van der Waals surface area (Å²) >= 11 is 0. The average Bonchev–Trinajstić information content (AvgIpc) is 2.76. The predicted octanol–water partition coefficient (Wildman–Crippen LogP) is 6.17. The van der Waals surface area contributed by atoms with Crippen LogP contribution in [0.3, 0.4) is 0 Å². The molecule has 5 rings (SSSR count). The van der Waals surface area contributed by atoms with Gasteiger partial charge in [0.25, 0.3) is 0 Å². The zero-order valence-electron chi connectivity index (χ0n) is 18.4. The number of hydrogen-bond donors (Lipinski definition) is 1. The van der Waals surface area contributed by atoms with Crippen LogP contribution in [-0.4, -0.2) is 20.0 Å². The van der Waals surface area contributed by atoms with E-state index in [1.165, 1.54) is 10.8 Å². The molecule has 0 fully saturated rings. The fourth-order valence-electron chi connectivity index (χ4n) is 5.14. The second-order valence-corrected chi connectivity index (χ2v) is 9.23. The number of ether oxygens (including phenoxy) is 2. The Hall–Kier alpha value is -3.27. The van der Waals surface area contributed by atoms with E-state index in [1.54, 1.807) is 14.2 Å². The Morgan fingerprint density at radius 1 is 0.968 bits per heavy atom. The van der Waals surface area contributed by atoms with E-state index < -0.39 is 0 Å². The van der Waals surface area contributed by atoms with Crippen LogP contribution < -0.4 is 14.8 Å². The van der Waals surface area contributed by atoms with Gasteiger partial charge in [-0.05, 0) is 52.4 Å². The first-order valence-electron chi connectivity index (χ1n) is 10.7. The summed E-state index contributed by atoms with van der Waals surface area (Å²) in [4.78, 5) is 13.6.